The number of rotatable bonds is 3. The van der Waals surface area contributed by atoms with Crippen LogP contribution in [-0.2, 0) is 7.05 Å². The van der Waals surface area contributed by atoms with Crippen LogP contribution in [0.2, 0.25) is 0 Å². The predicted octanol–water partition coefficient (Wildman–Crippen LogP) is 1.98. The summed E-state index contributed by atoms with van der Waals surface area (Å²) in [7, 11) is 2.16. The van der Waals surface area contributed by atoms with Gasteiger partial charge in [0.15, 0.2) is 0 Å². The maximum atomic E-state index is 9.67. The molecule has 1 aromatic carbocycles. The topological polar surface area (TPSA) is 54.4 Å². The van der Waals surface area contributed by atoms with E-state index in [9.17, 15) is 5.11 Å². The molecular formula is C18H25N3O. The van der Waals surface area contributed by atoms with E-state index < -0.39 is 0 Å². The van der Waals surface area contributed by atoms with Gasteiger partial charge in [-0.15, -0.1) is 0 Å². The van der Waals surface area contributed by atoms with Gasteiger partial charge in [-0.2, -0.15) is 0 Å². The van der Waals surface area contributed by atoms with Crippen LogP contribution < -0.4 is 5.73 Å². The lowest BCUT2D eigenvalue weighted by atomic mass is 9.76. The molecule has 3 saturated heterocycles. The van der Waals surface area contributed by atoms with Gasteiger partial charge in [-0.3, -0.25) is 0 Å². The first-order valence-corrected chi connectivity index (χ1v) is 8.36. The van der Waals surface area contributed by atoms with Crippen LogP contribution in [0.4, 0.5) is 0 Å². The van der Waals surface area contributed by atoms with Crippen molar-refractivity contribution in [1.29, 1.82) is 0 Å². The lowest BCUT2D eigenvalue weighted by Crippen LogP contribution is -2.47. The fraction of sp³-hybridized carbons (Fsp3) is 0.556. The second-order valence-electron chi connectivity index (χ2n) is 6.91. The summed E-state index contributed by atoms with van der Waals surface area (Å²) in [6.45, 7) is 3.63. The summed E-state index contributed by atoms with van der Waals surface area (Å²) in [5.74, 6) is 1.31. The summed E-state index contributed by atoms with van der Waals surface area (Å²) < 4.78 is 2.33. The second-order valence-corrected chi connectivity index (χ2v) is 6.91. The zero-order chi connectivity index (χ0) is 15.3. The van der Waals surface area contributed by atoms with Crippen molar-refractivity contribution in [3.8, 4) is 0 Å². The molecule has 2 aromatic rings. The van der Waals surface area contributed by atoms with Crippen LogP contribution in [0.3, 0.4) is 0 Å². The zero-order valence-electron chi connectivity index (χ0n) is 13.2. The van der Waals surface area contributed by atoms with Gasteiger partial charge in [0, 0.05) is 41.7 Å². The molecule has 0 aliphatic carbocycles. The summed E-state index contributed by atoms with van der Waals surface area (Å²) in [4.78, 5) is 2.58. The first kappa shape index (κ1) is 14.2. The zero-order valence-corrected chi connectivity index (χ0v) is 13.2. The predicted molar refractivity (Wildman–Crippen MR) is 88.8 cm³/mol. The van der Waals surface area contributed by atoms with Crippen LogP contribution in [0.15, 0.2) is 24.3 Å². The Morgan fingerprint density at radius 3 is 2.64 bits per heavy atom. The second kappa shape index (κ2) is 5.37. The summed E-state index contributed by atoms with van der Waals surface area (Å²) >= 11 is 0. The van der Waals surface area contributed by atoms with Crippen molar-refractivity contribution >= 4 is 10.9 Å². The molecule has 22 heavy (non-hydrogen) atoms. The minimum atomic E-state index is -0.295. The average molecular weight is 299 g/mol. The quantitative estimate of drug-likeness (QED) is 0.911. The first-order chi connectivity index (χ1) is 10.7. The van der Waals surface area contributed by atoms with E-state index in [1.165, 1.54) is 48.1 Å². The van der Waals surface area contributed by atoms with E-state index in [0.29, 0.717) is 5.92 Å². The average Bonchev–Trinajstić information content (AvgIpc) is 2.88. The third-order valence-corrected chi connectivity index (χ3v) is 5.77. The number of benzene rings is 1. The van der Waals surface area contributed by atoms with Crippen LogP contribution in [0.1, 0.15) is 36.1 Å². The van der Waals surface area contributed by atoms with Gasteiger partial charge < -0.3 is 20.3 Å². The van der Waals surface area contributed by atoms with E-state index in [-0.39, 0.29) is 12.6 Å². The maximum Gasteiger partial charge on any atom is 0.0625 e. The summed E-state index contributed by atoms with van der Waals surface area (Å²) in [6.07, 6.45) is 2.58. The Labute approximate surface area is 131 Å². The van der Waals surface area contributed by atoms with Crippen molar-refractivity contribution in [2.75, 3.05) is 26.2 Å². The molecule has 0 amide bonds. The van der Waals surface area contributed by atoms with E-state index in [1.54, 1.807) is 0 Å². The standard InChI is InChI=1S/C18H25N3O/c1-20-16-5-3-2-4-13(16)17(15(19)11-22)18(20)14-10-21-8-6-12(14)7-9-21/h2-5,12,14-15,22H,6-11,19H2,1H3. The van der Waals surface area contributed by atoms with E-state index in [1.807, 2.05) is 0 Å². The highest BCUT2D eigenvalue weighted by atomic mass is 16.3. The van der Waals surface area contributed by atoms with Crippen molar-refractivity contribution in [2.24, 2.45) is 18.7 Å². The maximum absolute atomic E-state index is 9.67. The number of aryl methyl sites for hydroxylation is 1. The van der Waals surface area contributed by atoms with Crippen LogP contribution in [-0.4, -0.2) is 40.8 Å². The molecule has 0 radical (unpaired) electrons. The van der Waals surface area contributed by atoms with Crippen LogP contribution in [0.5, 0.6) is 0 Å². The highest BCUT2D eigenvalue weighted by Crippen LogP contribution is 2.43. The molecule has 3 N–H and O–H groups in total. The third-order valence-electron chi connectivity index (χ3n) is 5.77. The SMILES string of the molecule is Cn1c(C2CN3CCC2CC3)c(C(N)CO)c2ccccc21. The monoisotopic (exact) mass is 299 g/mol. The molecular weight excluding hydrogens is 274 g/mol. The highest BCUT2D eigenvalue weighted by Gasteiger charge is 2.38. The van der Waals surface area contributed by atoms with Crippen LogP contribution >= 0.6 is 0 Å². The fourth-order valence-electron chi connectivity index (χ4n) is 4.65. The number of hydrogen-bond donors (Lipinski definition) is 2. The molecule has 5 rings (SSSR count). The molecule has 4 nitrogen and oxygen atoms in total. The minimum absolute atomic E-state index is 0.00209. The largest absolute Gasteiger partial charge is 0.394 e. The van der Waals surface area contributed by atoms with Gasteiger partial charge >= 0.3 is 0 Å². The number of hydrogen-bond acceptors (Lipinski definition) is 3. The molecule has 1 aromatic heterocycles. The molecule has 0 saturated carbocycles. The number of aliphatic hydroxyl groups excluding tert-OH is 1. The highest BCUT2D eigenvalue weighted by molar-refractivity contribution is 5.86. The van der Waals surface area contributed by atoms with Gasteiger partial charge in [0.2, 0.25) is 0 Å². The van der Waals surface area contributed by atoms with Crippen molar-refractivity contribution in [3.05, 3.63) is 35.5 Å². The Morgan fingerprint density at radius 2 is 2.00 bits per heavy atom. The summed E-state index contributed by atoms with van der Waals surface area (Å²) in [5, 5.41) is 10.9. The van der Waals surface area contributed by atoms with Crippen LogP contribution in [0, 0.1) is 5.92 Å². The van der Waals surface area contributed by atoms with Gasteiger partial charge in [-0.25, -0.2) is 0 Å². The number of aliphatic hydroxyl groups is 1. The first-order valence-electron chi connectivity index (χ1n) is 8.36. The van der Waals surface area contributed by atoms with Crippen molar-refractivity contribution in [3.63, 3.8) is 0 Å². The number of fused-ring (bicyclic) bond motifs is 4. The lowest BCUT2D eigenvalue weighted by molar-refractivity contribution is 0.0837. The van der Waals surface area contributed by atoms with Gasteiger partial charge in [0.1, 0.15) is 0 Å². The number of nitrogens with two attached hydrogens (primary N) is 1. The van der Waals surface area contributed by atoms with Gasteiger partial charge in [0.05, 0.1) is 12.6 Å². The Hall–Kier alpha value is -1.36. The van der Waals surface area contributed by atoms with Gasteiger partial charge in [-0.1, -0.05) is 18.2 Å². The molecule has 0 spiro atoms. The lowest BCUT2D eigenvalue weighted by Gasteiger charge is -2.45. The fourth-order valence-corrected chi connectivity index (χ4v) is 4.65. The molecule has 2 unspecified atom stereocenters. The van der Waals surface area contributed by atoms with Gasteiger partial charge in [-0.05, 0) is 37.9 Å². The molecule has 3 aliphatic heterocycles. The van der Waals surface area contributed by atoms with Crippen molar-refractivity contribution in [2.45, 2.75) is 24.8 Å². The van der Waals surface area contributed by atoms with Gasteiger partial charge in [0.25, 0.3) is 0 Å². The van der Waals surface area contributed by atoms with E-state index in [0.717, 1.165) is 12.5 Å². The molecule has 118 valence electrons. The Balaban J connectivity index is 1.90. The molecule has 2 atom stereocenters. The molecule has 4 heterocycles. The van der Waals surface area contributed by atoms with E-state index in [4.69, 9.17) is 5.73 Å². The minimum Gasteiger partial charge on any atom is -0.394 e. The molecule has 4 heteroatoms. The normalized spacial score (nSPS) is 29.1. The van der Waals surface area contributed by atoms with Crippen molar-refractivity contribution in [1.82, 2.24) is 9.47 Å². The summed E-state index contributed by atoms with van der Waals surface area (Å²) in [6, 6.07) is 8.16. The molecule has 3 fully saturated rings. The number of piperidine rings is 3. The Kier molecular flexibility index (Phi) is 3.48. The molecule has 2 bridgehead atoms. The van der Waals surface area contributed by atoms with Crippen LogP contribution in [0.25, 0.3) is 10.9 Å². The van der Waals surface area contributed by atoms with E-state index in [2.05, 4.69) is 40.8 Å². The Morgan fingerprint density at radius 1 is 1.27 bits per heavy atom. The van der Waals surface area contributed by atoms with E-state index >= 15 is 0 Å². The smallest absolute Gasteiger partial charge is 0.0625 e. The number of aromatic nitrogens is 1. The Bertz CT molecular complexity index is 685. The number of para-hydroxylation sites is 1. The third kappa shape index (κ3) is 2.02. The molecule has 3 aliphatic rings. The van der Waals surface area contributed by atoms with Crippen molar-refractivity contribution < 1.29 is 5.11 Å². The number of nitrogens with zero attached hydrogens (tertiary/aromatic N) is 2. The summed E-state index contributed by atoms with van der Waals surface area (Å²) in [5.41, 5.74) is 10.1.